The third-order valence-corrected chi connectivity index (χ3v) is 9.24. The van der Waals surface area contributed by atoms with Crippen LogP contribution in [-0.2, 0) is 4.74 Å². The van der Waals surface area contributed by atoms with Crippen LogP contribution in [0.5, 0.6) is 5.75 Å². The van der Waals surface area contributed by atoms with Crippen molar-refractivity contribution in [3.05, 3.63) is 96.3 Å². The number of hydrogen-bond acceptors (Lipinski definition) is 6. The topological polar surface area (TPSA) is 132 Å². The monoisotopic (exact) mass is 713 g/mol. The van der Waals surface area contributed by atoms with Crippen LogP contribution in [0, 0.1) is 11.7 Å². The van der Waals surface area contributed by atoms with Crippen molar-refractivity contribution in [3.63, 3.8) is 0 Å². The van der Waals surface area contributed by atoms with Gasteiger partial charge in [-0.25, -0.2) is 14.0 Å². The van der Waals surface area contributed by atoms with Crippen LogP contribution >= 0.6 is 0 Å². The molecule has 5 amide bonds. The van der Waals surface area contributed by atoms with Gasteiger partial charge in [-0.15, -0.1) is 0 Å². The van der Waals surface area contributed by atoms with Crippen LogP contribution in [0.2, 0.25) is 0 Å². The molecule has 1 aliphatic heterocycles. The molecule has 11 nitrogen and oxygen atoms in total. The smallest absolute Gasteiger partial charge is 0.323 e. The third kappa shape index (κ3) is 9.98. The Balaban J connectivity index is 1.37. The lowest BCUT2D eigenvalue weighted by molar-refractivity contribution is -0.0115. The van der Waals surface area contributed by atoms with Crippen LogP contribution in [0.15, 0.2) is 84.9 Å². The largest absolute Gasteiger partial charge is 0.490 e. The van der Waals surface area contributed by atoms with Gasteiger partial charge in [0.1, 0.15) is 11.6 Å². The van der Waals surface area contributed by atoms with Crippen molar-refractivity contribution < 1.29 is 33.4 Å². The van der Waals surface area contributed by atoms with Crippen molar-refractivity contribution >= 4 is 45.8 Å². The summed E-state index contributed by atoms with van der Waals surface area (Å²) in [5.74, 6) is -0.671. The summed E-state index contributed by atoms with van der Waals surface area (Å²) in [4.78, 5) is 43.8. The molecule has 0 saturated heterocycles. The molecule has 0 saturated carbocycles. The van der Waals surface area contributed by atoms with Gasteiger partial charge in [-0.1, -0.05) is 43.3 Å². The van der Waals surface area contributed by atoms with Crippen LogP contribution in [-0.4, -0.2) is 84.5 Å². The number of rotatable bonds is 7. The molecule has 4 aromatic rings. The van der Waals surface area contributed by atoms with Crippen molar-refractivity contribution in [1.29, 1.82) is 0 Å². The van der Waals surface area contributed by atoms with Gasteiger partial charge in [0.15, 0.2) is 0 Å². The maximum absolute atomic E-state index is 14.5. The number of nitrogens with one attached hydrogen (secondary N) is 3. The van der Waals surface area contributed by atoms with E-state index in [0.29, 0.717) is 35.8 Å². The van der Waals surface area contributed by atoms with Gasteiger partial charge in [0, 0.05) is 49.4 Å². The Morgan fingerprint density at radius 3 is 2.46 bits per heavy atom. The van der Waals surface area contributed by atoms with E-state index in [9.17, 15) is 23.9 Å². The number of carbonyl (C=O) groups excluding carboxylic acids is 3. The predicted octanol–water partition coefficient (Wildman–Crippen LogP) is 7.58. The van der Waals surface area contributed by atoms with Crippen molar-refractivity contribution in [2.24, 2.45) is 5.92 Å². The number of amides is 5. The van der Waals surface area contributed by atoms with Gasteiger partial charge in [-0.3, -0.25) is 4.79 Å². The fourth-order valence-electron chi connectivity index (χ4n) is 6.19. The van der Waals surface area contributed by atoms with Crippen molar-refractivity contribution in [2.75, 3.05) is 49.3 Å². The second kappa shape index (κ2) is 17.8. The first kappa shape index (κ1) is 38.0. The Hall–Kier alpha value is -5.20. The summed E-state index contributed by atoms with van der Waals surface area (Å²) < 4.78 is 26.1. The lowest BCUT2D eigenvalue weighted by Gasteiger charge is -2.35. The first-order valence-electron chi connectivity index (χ1n) is 17.7. The molecule has 1 heterocycles. The lowest BCUT2D eigenvalue weighted by Crippen LogP contribution is -2.48. The number of nitrogens with zero attached hydrogens (tertiary/aromatic N) is 2. The average Bonchev–Trinajstić information content (AvgIpc) is 3.13. The number of hydrogen-bond donors (Lipinski definition) is 4. The van der Waals surface area contributed by atoms with Crippen LogP contribution in [0.3, 0.4) is 0 Å². The Kier molecular flexibility index (Phi) is 13.0. The highest BCUT2D eigenvalue weighted by Crippen LogP contribution is 2.29. The number of likely N-dealkylation sites (N-methyl/N-ethyl adjacent to an activating group) is 1. The number of aliphatic hydroxyl groups excluding tert-OH is 1. The molecule has 0 aromatic heterocycles. The maximum atomic E-state index is 14.5. The number of ether oxygens (including phenoxy) is 2. The molecular weight excluding hydrogens is 665 g/mol. The van der Waals surface area contributed by atoms with E-state index in [1.807, 2.05) is 56.3 Å². The van der Waals surface area contributed by atoms with Crippen LogP contribution < -0.4 is 20.7 Å². The van der Waals surface area contributed by atoms with Crippen LogP contribution in [0.25, 0.3) is 10.8 Å². The van der Waals surface area contributed by atoms with Gasteiger partial charge in [0.05, 0.1) is 36.1 Å². The highest BCUT2D eigenvalue weighted by molar-refractivity contribution is 6.07. The molecule has 0 fully saturated rings. The number of fused-ring (bicyclic) bond motifs is 2. The molecule has 4 N–H and O–H groups in total. The summed E-state index contributed by atoms with van der Waals surface area (Å²) in [5.41, 5.74) is 1.74. The fraction of sp³-hybridized carbons (Fsp3) is 0.375. The van der Waals surface area contributed by atoms with E-state index in [1.54, 1.807) is 37.1 Å². The molecule has 0 unspecified atom stereocenters. The zero-order valence-corrected chi connectivity index (χ0v) is 30.1. The summed E-state index contributed by atoms with van der Waals surface area (Å²) in [5, 5.41) is 20.7. The third-order valence-electron chi connectivity index (χ3n) is 9.24. The molecule has 12 heteroatoms. The quantitative estimate of drug-likeness (QED) is 0.156. The van der Waals surface area contributed by atoms with Gasteiger partial charge in [0.25, 0.3) is 5.91 Å². The summed E-state index contributed by atoms with van der Waals surface area (Å²) >= 11 is 0. The Bertz CT molecular complexity index is 1830. The molecule has 276 valence electrons. The van der Waals surface area contributed by atoms with E-state index >= 15 is 0 Å². The Morgan fingerprint density at radius 1 is 0.962 bits per heavy atom. The SMILES string of the molecule is C[C@H]1CCCCO[C@H](CN(C)C(=O)Nc2ccc(F)cc2)[C@@H](C)CN([C@@H](C)CO)C(=O)c2cc(NC(=O)Nc3cccc4ccccc34)ccc2O1. The van der Waals surface area contributed by atoms with E-state index in [0.717, 1.165) is 23.6 Å². The minimum atomic E-state index is -0.570. The van der Waals surface area contributed by atoms with Gasteiger partial charge in [-0.2, -0.15) is 0 Å². The van der Waals surface area contributed by atoms with Gasteiger partial charge >= 0.3 is 12.1 Å². The van der Waals surface area contributed by atoms with Crippen LogP contribution in [0.4, 0.5) is 31.0 Å². The molecule has 0 radical (unpaired) electrons. The number of halogens is 1. The fourth-order valence-corrected chi connectivity index (χ4v) is 6.19. The van der Waals surface area contributed by atoms with E-state index in [4.69, 9.17) is 9.47 Å². The zero-order valence-electron chi connectivity index (χ0n) is 30.1. The van der Waals surface area contributed by atoms with E-state index < -0.39 is 24.0 Å². The number of carbonyl (C=O) groups is 3. The highest BCUT2D eigenvalue weighted by Gasteiger charge is 2.31. The van der Waals surface area contributed by atoms with Crippen molar-refractivity contribution in [3.8, 4) is 5.75 Å². The van der Waals surface area contributed by atoms with Crippen molar-refractivity contribution in [2.45, 2.75) is 58.3 Å². The summed E-state index contributed by atoms with van der Waals surface area (Å²) in [7, 11) is 1.65. The minimum Gasteiger partial charge on any atom is -0.490 e. The van der Waals surface area contributed by atoms with Gasteiger partial charge in [-0.05, 0) is 87.0 Å². The van der Waals surface area contributed by atoms with E-state index in [2.05, 4.69) is 16.0 Å². The van der Waals surface area contributed by atoms with Crippen molar-refractivity contribution in [1.82, 2.24) is 9.80 Å². The molecule has 0 spiro atoms. The number of anilines is 3. The van der Waals surface area contributed by atoms with E-state index in [1.165, 1.54) is 29.2 Å². The number of benzene rings is 4. The first-order valence-corrected chi connectivity index (χ1v) is 17.7. The van der Waals surface area contributed by atoms with Gasteiger partial charge < -0.3 is 40.3 Å². The molecule has 5 rings (SSSR count). The Labute approximate surface area is 304 Å². The molecule has 4 aromatic carbocycles. The molecular formula is C40H48FN5O6. The molecule has 1 aliphatic rings. The second-order valence-corrected chi connectivity index (χ2v) is 13.4. The summed E-state index contributed by atoms with van der Waals surface area (Å²) in [6.45, 7) is 6.23. The normalized spacial score (nSPS) is 19.1. The predicted molar refractivity (Wildman–Crippen MR) is 202 cm³/mol. The van der Waals surface area contributed by atoms with E-state index in [-0.39, 0.29) is 49.2 Å². The van der Waals surface area contributed by atoms with Gasteiger partial charge in [0.2, 0.25) is 0 Å². The number of aliphatic hydroxyl groups is 1. The lowest BCUT2D eigenvalue weighted by atomic mass is 10.0. The summed E-state index contributed by atoms with van der Waals surface area (Å²) in [6.07, 6.45) is 1.62. The second-order valence-electron chi connectivity index (χ2n) is 13.4. The van der Waals surface area contributed by atoms with Crippen LogP contribution in [0.1, 0.15) is 50.4 Å². The highest BCUT2D eigenvalue weighted by atomic mass is 19.1. The molecule has 4 atom stereocenters. The molecule has 0 bridgehead atoms. The average molecular weight is 714 g/mol. The first-order chi connectivity index (χ1) is 25.0. The Morgan fingerprint density at radius 2 is 1.69 bits per heavy atom. The minimum absolute atomic E-state index is 0.201. The maximum Gasteiger partial charge on any atom is 0.323 e. The number of urea groups is 2. The molecule has 0 aliphatic carbocycles. The molecule has 52 heavy (non-hydrogen) atoms. The standard InChI is InChI=1S/C40H48FN5O6/c1-26-23-46(27(2)25-47)38(48)34-22-32(42-39(49)44-35-14-9-12-29-11-5-6-13-33(29)35)19-20-36(34)52-28(3)10-7-8-21-51-37(26)24-45(4)40(50)43-31-17-15-30(41)16-18-31/h5-6,9,11-20,22,26-28,37,47H,7-8,10,21,23-25H2,1-4H3,(H,43,50)(H2,42,44,49)/t26-,27-,28-,37+/m0/s1. The summed E-state index contributed by atoms with van der Waals surface area (Å²) in [6, 6.07) is 22.5. The zero-order chi connectivity index (χ0) is 37.2.